The topological polar surface area (TPSA) is 0 Å². The predicted octanol–water partition coefficient (Wildman–Crippen LogP) is 3.62. The number of hydrogen-bond acceptors (Lipinski definition) is 0. The summed E-state index contributed by atoms with van der Waals surface area (Å²) >= 11 is 0. The molecule has 11 heavy (non-hydrogen) atoms. The van der Waals surface area contributed by atoms with Crippen LogP contribution in [0.25, 0.3) is 0 Å². The van der Waals surface area contributed by atoms with Crippen LogP contribution >= 0.6 is 0 Å². The maximum Gasteiger partial charge on any atom is -0.0273 e. The van der Waals surface area contributed by atoms with Crippen LogP contribution in [0.5, 0.6) is 0 Å². The van der Waals surface area contributed by atoms with Gasteiger partial charge in [0, 0.05) is 0 Å². The van der Waals surface area contributed by atoms with Gasteiger partial charge in [-0.05, 0) is 38.7 Å². The Labute approximate surface area is 69.3 Å². The Morgan fingerprint density at radius 3 is 2.64 bits per heavy atom. The van der Waals surface area contributed by atoms with Gasteiger partial charge in [0.2, 0.25) is 0 Å². The maximum atomic E-state index is 4.03. The molecule has 1 rings (SSSR count). The first-order chi connectivity index (χ1) is 5.24. The third-order valence-electron chi connectivity index (χ3n) is 2.24. The van der Waals surface area contributed by atoms with Crippen molar-refractivity contribution in [2.75, 3.05) is 0 Å². The van der Waals surface area contributed by atoms with Crippen LogP contribution in [0, 0.1) is 0 Å². The second-order valence-electron chi connectivity index (χ2n) is 3.16. The molecular weight excluding hydrogens is 132 g/mol. The van der Waals surface area contributed by atoms with Crippen molar-refractivity contribution < 1.29 is 0 Å². The molecule has 0 aromatic rings. The quantitative estimate of drug-likeness (QED) is 0.532. The molecule has 0 aromatic heterocycles. The van der Waals surface area contributed by atoms with E-state index in [1.165, 1.54) is 36.0 Å². The third-order valence-corrected chi connectivity index (χ3v) is 2.24. The molecule has 1 aliphatic carbocycles. The summed E-state index contributed by atoms with van der Waals surface area (Å²) < 4.78 is 0. The molecule has 0 unspecified atom stereocenters. The van der Waals surface area contributed by atoms with E-state index in [1.54, 1.807) is 0 Å². The molecule has 0 heterocycles. The fraction of sp³-hybridized carbons (Fsp3) is 0.455. The number of hydrogen-bond donors (Lipinski definition) is 0. The van der Waals surface area contributed by atoms with Crippen molar-refractivity contribution in [1.29, 1.82) is 0 Å². The molecule has 1 aliphatic rings. The van der Waals surface area contributed by atoms with Crippen LogP contribution in [0.15, 0.2) is 35.5 Å². The molecule has 0 spiro atoms. The number of rotatable bonds is 1. The Morgan fingerprint density at radius 1 is 1.45 bits per heavy atom. The van der Waals surface area contributed by atoms with Crippen molar-refractivity contribution in [1.82, 2.24) is 0 Å². The molecule has 0 saturated heterocycles. The van der Waals surface area contributed by atoms with Crippen molar-refractivity contribution in [3.8, 4) is 0 Å². The Morgan fingerprint density at radius 2 is 2.18 bits per heavy atom. The van der Waals surface area contributed by atoms with Crippen molar-refractivity contribution in [3.05, 3.63) is 35.5 Å². The van der Waals surface area contributed by atoms with Crippen LogP contribution in [0.4, 0.5) is 0 Å². The van der Waals surface area contributed by atoms with Gasteiger partial charge < -0.3 is 0 Å². The van der Waals surface area contributed by atoms with Crippen molar-refractivity contribution >= 4 is 0 Å². The normalized spacial score (nSPS) is 23.3. The van der Waals surface area contributed by atoms with Crippen LogP contribution in [-0.2, 0) is 0 Å². The minimum absolute atomic E-state index is 1.20. The zero-order valence-corrected chi connectivity index (χ0v) is 7.48. The standard InChI is InChI=1S/C11H16/c1-4-9(2)8-11-7-5-6-10(11)3/h4,8H,3,5-7H2,1-2H3/b9-4-,11-8-. The monoisotopic (exact) mass is 148 g/mol. The van der Waals surface area contributed by atoms with Crippen LogP contribution < -0.4 is 0 Å². The first kappa shape index (κ1) is 8.32. The molecule has 0 nitrogen and oxygen atoms in total. The van der Waals surface area contributed by atoms with E-state index in [0.717, 1.165) is 0 Å². The highest BCUT2D eigenvalue weighted by atomic mass is 14.1. The highest BCUT2D eigenvalue weighted by Crippen LogP contribution is 2.29. The van der Waals surface area contributed by atoms with Gasteiger partial charge in [0.05, 0.1) is 0 Å². The molecular formula is C11H16. The zero-order chi connectivity index (χ0) is 8.27. The van der Waals surface area contributed by atoms with Gasteiger partial charge in [-0.2, -0.15) is 0 Å². The Bertz CT molecular complexity index is 216. The smallest absolute Gasteiger partial charge is 0.0273 e. The van der Waals surface area contributed by atoms with Crippen LogP contribution in [0.1, 0.15) is 33.1 Å². The van der Waals surface area contributed by atoms with E-state index < -0.39 is 0 Å². The van der Waals surface area contributed by atoms with Gasteiger partial charge in [-0.3, -0.25) is 0 Å². The Hall–Kier alpha value is -0.780. The molecule has 1 fully saturated rings. The van der Waals surface area contributed by atoms with Gasteiger partial charge in [0.15, 0.2) is 0 Å². The lowest BCUT2D eigenvalue weighted by Gasteiger charge is -1.97. The van der Waals surface area contributed by atoms with E-state index in [9.17, 15) is 0 Å². The Balaban J connectivity index is 2.73. The summed E-state index contributed by atoms with van der Waals surface area (Å²) in [5.41, 5.74) is 4.15. The van der Waals surface area contributed by atoms with Gasteiger partial charge in [-0.25, -0.2) is 0 Å². The van der Waals surface area contributed by atoms with E-state index in [-0.39, 0.29) is 0 Å². The van der Waals surface area contributed by atoms with Gasteiger partial charge in [0.25, 0.3) is 0 Å². The summed E-state index contributed by atoms with van der Waals surface area (Å²) in [6.07, 6.45) is 8.11. The fourth-order valence-electron chi connectivity index (χ4n) is 1.36. The molecule has 0 aliphatic heterocycles. The van der Waals surface area contributed by atoms with E-state index in [1.807, 2.05) is 0 Å². The highest BCUT2D eigenvalue weighted by Gasteiger charge is 2.09. The fourth-order valence-corrected chi connectivity index (χ4v) is 1.36. The molecule has 0 amide bonds. The summed E-state index contributed by atoms with van der Waals surface area (Å²) in [7, 11) is 0. The lowest BCUT2D eigenvalue weighted by atomic mass is 10.1. The molecule has 0 bridgehead atoms. The first-order valence-corrected chi connectivity index (χ1v) is 4.25. The average molecular weight is 148 g/mol. The molecule has 0 N–H and O–H groups in total. The molecule has 0 aromatic carbocycles. The van der Waals surface area contributed by atoms with Crippen molar-refractivity contribution in [2.24, 2.45) is 0 Å². The molecule has 0 atom stereocenters. The predicted molar refractivity (Wildman–Crippen MR) is 50.5 cm³/mol. The van der Waals surface area contributed by atoms with Crippen LogP contribution in [-0.4, -0.2) is 0 Å². The van der Waals surface area contributed by atoms with E-state index >= 15 is 0 Å². The molecule has 0 radical (unpaired) electrons. The summed E-state index contributed by atoms with van der Waals surface area (Å²) in [4.78, 5) is 0. The SMILES string of the molecule is C=C1CCC/C1=C/C(C)=C\C. The summed E-state index contributed by atoms with van der Waals surface area (Å²) in [5, 5.41) is 0. The van der Waals surface area contributed by atoms with Crippen molar-refractivity contribution in [2.45, 2.75) is 33.1 Å². The van der Waals surface area contributed by atoms with Gasteiger partial charge >= 0.3 is 0 Å². The minimum Gasteiger partial charge on any atom is -0.0956 e. The molecule has 0 heteroatoms. The third kappa shape index (κ3) is 2.07. The first-order valence-electron chi connectivity index (χ1n) is 4.25. The average Bonchev–Trinajstić information content (AvgIpc) is 2.37. The lowest BCUT2D eigenvalue weighted by molar-refractivity contribution is 0.933. The zero-order valence-electron chi connectivity index (χ0n) is 7.48. The Kier molecular flexibility index (Phi) is 2.70. The number of allylic oxidation sites excluding steroid dienone is 5. The van der Waals surface area contributed by atoms with E-state index in [4.69, 9.17) is 0 Å². The maximum absolute atomic E-state index is 4.03. The second kappa shape index (κ2) is 3.56. The lowest BCUT2D eigenvalue weighted by Crippen LogP contribution is -1.77. The van der Waals surface area contributed by atoms with Crippen molar-refractivity contribution in [3.63, 3.8) is 0 Å². The summed E-state index contributed by atoms with van der Waals surface area (Å²) in [6.45, 7) is 8.24. The second-order valence-corrected chi connectivity index (χ2v) is 3.16. The largest absolute Gasteiger partial charge is 0.0956 e. The van der Waals surface area contributed by atoms with Gasteiger partial charge in [-0.1, -0.05) is 29.9 Å². The summed E-state index contributed by atoms with van der Waals surface area (Å²) in [5.74, 6) is 0. The molecule has 60 valence electrons. The molecule has 1 saturated carbocycles. The minimum atomic E-state index is 1.20. The van der Waals surface area contributed by atoms with Crippen LogP contribution in [0.2, 0.25) is 0 Å². The van der Waals surface area contributed by atoms with Gasteiger partial charge in [-0.15, -0.1) is 0 Å². The van der Waals surface area contributed by atoms with Crippen LogP contribution in [0.3, 0.4) is 0 Å². The van der Waals surface area contributed by atoms with E-state index in [0.29, 0.717) is 0 Å². The van der Waals surface area contributed by atoms with E-state index in [2.05, 4.69) is 32.6 Å². The van der Waals surface area contributed by atoms with Gasteiger partial charge in [0.1, 0.15) is 0 Å². The highest BCUT2D eigenvalue weighted by molar-refractivity contribution is 5.37. The summed E-state index contributed by atoms with van der Waals surface area (Å²) in [6, 6.07) is 0.